The van der Waals surface area contributed by atoms with Crippen molar-refractivity contribution in [3.05, 3.63) is 29.8 Å². The highest BCUT2D eigenvalue weighted by Crippen LogP contribution is 2.08. The van der Waals surface area contributed by atoms with Crippen LogP contribution in [0.4, 0.5) is 5.69 Å². The van der Waals surface area contributed by atoms with Crippen LogP contribution in [0.3, 0.4) is 0 Å². The van der Waals surface area contributed by atoms with Gasteiger partial charge in [-0.15, -0.1) is 0 Å². The topological polar surface area (TPSA) is 32.3 Å². The highest BCUT2D eigenvalue weighted by atomic mass is 16.3. The first-order valence-corrected chi connectivity index (χ1v) is 4.24. The number of rotatable bonds is 4. The van der Waals surface area contributed by atoms with Crippen molar-refractivity contribution in [1.29, 1.82) is 0 Å². The average Bonchev–Trinajstić information content (AvgIpc) is 2.05. The number of aryl methyl sites for hydroxylation is 1. The van der Waals surface area contributed by atoms with E-state index in [9.17, 15) is 0 Å². The first kappa shape index (κ1) is 9.07. The minimum absolute atomic E-state index is 0.249. The van der Waals surface area contributed by atoms with Crippen molar-refractivity contribution in [2.24, 2.45) is 0 Å². The van der Waals surface area contributed by atoms with Gasteiger partial charge in [0.15, 0.2) is 0 Å². The molecule has 0 saturated carbocycles. The van der Waals surface area contributed by atoms with Crippen LogP contribution in [0.2, 0.25) is 0 Å². The lowest BCUT2D eigenvalue weighted by Gasteiger charge is -2.05. The summed E-state index contributed by atoms with van der Waals surface area (Å²) in [6, 6.07) is 8.22. The minimum atomic E-state index is 0.249. The number of aliphatic hydroxyl groups is 1. The van der Waals surface area contributed by atoms with E-state index < -0.39 is 0 Å². The van der Waals surface area contributed by atoms with Crippen LogP contribution in [-0.4, -0.2) is 18.3 Å². The first-order valence-electron chi connectivity index (χ1n) is 4.24. The Morgan fingerprint density at radius 2 is 2.25 bits per heavy atom. The molecule has 66 valence electrons. The van der Waals surface area contributed by atoms with E-state index in [0.29, 0.717) is 0 Å². The van der Waals surface area contributed by atoms with E-state index in [1.165, 1.54) is 5.56 Å². The molecular weight excluding hydrogens is 150 g/mol. The maximum absolute atomic E-state index is 8.56. The van der Waals surface area contributed by atoms with Gasteiger partial charge in [-0.3, -0.25) is 0 Å². The summed E-state index contributed by atoms with van der Waals surface area (Å²) in [5.41, 5.74) is 2.38. The predicted molar refractivity (Wildman–Crippen MR) is 51.4 cm³/mol. The van der Waals surface area contributed by atoms with Gasteiger partial charge in [0.25, 0.3) is 0 Å². The molecule has 0 heterocycles. The van der Waals surface area contributed by atoms with Crippen LogP contribution < -0.4 is 5.32 Å². The fourth-order valence-corrected chi connectivity index (χ4v) is 1.07. The van der Waals surface area contributed by atoms with Crippen LogP contribution >= 0.6 is 0 Å². The van der Waals surface area contributed by atoms with Crippen molar-refractivity contribution in [1.82, 2.24) is 0 Å². The molecule has 0 unspecified atom stereocenters. The molecular formula is C10H15NO. The Morgan fingerprint density at radius 1 is 1.42 bits per heavy atom. The van der Waals surface area contributed by atoms with E-state index in [0.717, 1.165) is 18.7 Å². The summed E-state index contributed by atoms with van der Waals surface area (Å²) in [5.74, 6) is 0. The quantitative estimate of drug-likeness (QED) is 0.667. The molecule has 0 bridgehead atoms. The Hall–Kier alpha value is -1.02. The lowest BCUT2D eigenvalue weighted by molar-refractivity contribution is 0.292. The standard InChI is InChI=1S/C10H15NO/c1-9-4-2-5-10(8-9)11-6-3-7-12/h2,4-5,8,11-12H,3,6-7H2,1H3. The van der Waals surface area contributed by atoms with E-state index >= 15 is 0 Å². The third-order valence-electron chi connectivity index (χ3n) is 1.68. The smallest absolute Gasteiger partial charge is 0.0447 e. The van der Waals surface area contributed by atoms with Gasteiger partial charge in [0.05, 0.1) is 0 Å². The Morgan fingerprint density at radius 3 is 2.92 bits per heavy atom. The van der Waals surface area contributed by atoms with E-state index in [-0.39, 0.29) is 6.61 Å². The van der Waals surface area contributed by atoms with Gasteiger partial charge in [0.1, 0.15) is 0 Å². The molecule has 0 aliphatic heterocycles. The molecule has 0 atom stereocenters. The van der Waals surface area contributed by atoms with Crippen LogP contribution in [0.1, 0.15) is 12.0 Å². The van der Waals surface area contributed by atoms with Gasteiger partial charge >= 0.3 is 0 Å². The number of hydrogen-bond donors (Lipinski definition) is 2. The zero-order valence-electron chi connectivity index (χ0n) is 7.38. The number of anilines is 1. The summed E-state index contributed by atoms with van der Waals surface area (Å²) in [7, 11) is 0. The molecule has 1 rings (SSSR count). The normalized spacial score (nSPS) is 9.83. The largest absolute Gasteiger partial charge is 0.396 e. The molecule has 0 aromatic heterocycles. The molecule has 0 aliphatic rings. The molecule has 2 nitrogen and oxygen atoms in total. The zero-order chi connectivity index (χ0) is 8.81. The molecule has 1 aromatic carbocycles. The summed E-state index contributed by atoms with van der Waals surface area (Å²) in [5, 5.41) is 11.8. The molecule has 0 amide bonds. The summed E-state index contributed by atoms with van der Waals surface area (Å²) in [4.78, 5) is 0. The number of aliphatic hydroxyl groups excluding tert-OH is 1. The van der Waals surface area contributed by atoms with E-state index in [4.69, 9.17) is 5.11 Å². The van der Waals surface area contributed by atoms with Gasteiger partial charge in [-0.25, -0.2) is 0 Å². The number of nitrogens with one attached hydrogen (secondary N) is 1. The maximum Gasteiger partial charge on any atom is 0.0447 e. The molecule has 0 aliphatic carbocycles. The van der Waals surface area contributed by atoms with Crippen LogP contribution in [0.5, 0.6) is 0 Å². The summed E-state index contributed by atoms with van der Waals surface area (Å²) in [6.45, 7) is 3.15. The molecule has 1 aromatic rings. The van der Waals surface area contributed by atoms with Crippen molar-refractivity contribution in [2.75, 3.05) is 18.5 Å². The van der Waals surface area contributed by atoms with Gasteiger partial charge < -0.3 is 10.4 Å². The Balaban J connectivity index is 2.41. The van der Waals surface area contributed by atoms with Gasteiger partial charge in [-0.1, -0.05) is 12.1 Å². The average molecular weight is 165 g/mol. The SMILES string of the molecule is Cc1cccc(NCCCO)c1. The van der Waals surface area contributed by atoms with Gasteiger partial charge in [-0.05, 0) is 31.0 Å². The monoisotopic (exact) mass is 165 g/mol. The third kappa shape index (κ3) is 2.93. The second-order valence-corrected chi connectivity index (χ2v) is 2.87. The Kier molecular flexibility index (Phi) is 3.61. The first-order chi connectivity index (χ1) is 5.83. The molecule has 12 heavy (non-hydrogen) atoms. The van der Waals surface area contributed by atoms with Crippen molar-refractivity contribution in [3.8, 4) is 0 Å². The fourth-order valence-electron chi connectivity index (χ4n) is 1.07. The molecule has 0 spiro atoms. The Bertz CT molecular complexity index is 235. The van der Waals surface area contributed by atoms with Gasteiger partial charge in [0.2, 0.25) is 0 Å². The summed E-state index contributed by atoms with van der Waals surface area (Å²) >= 11 is 0. The van der Waals surface area contributed by atoms with E-state index in [1.807, 2.05) is 12.1 Å². The van der Waals surface area contributed by atoms with Crippen molar-refractivity contribution in [3.63, 3.8) is 0 Å². The molecule has 2 N–H and O–H groups in total. The van der Waals surface area contributed by atoms with Crippen molar-refractivity contribution < 1.29 is 5.11 Å². The van der Waals surface area contributed by atoms with Crippen LogP contribution in [0.15, 0.2) is 24.3 Å². The zero-order valence-corrected chi connectivity index (χ0v) is 7.38. The van der Waals surface area contributed by atoms with Crippen LogP contribution in [0, 0.1) is 6.92 Å². The van der Waals surface area contributed by atoms with Crippen molar-refractivity contribution >= 4 is 5.69 Å². The van der Waals surface area contributed by atoms with E-state index in [1.54, 1.807) is 0 Å². The molecule has 2 heteroatoms. The second-order valence-electron chi connectivity index (χ2n) is 2.87. The highest BCUT2D eigenvalue weighted by Gasteiger charge is 1.90. The highest BCUT2D eigenvalue weighted by molar-refractivity contribution is 5.45. The van der Waals surface area contributed by atoms with Gasteiger partial charge in [-0.2, -0.15) is 0 Å². The molecule has 0 radical (unpaired) electrons. The third-order valence-corrected chi connectivity index (χ3v) is 1.68. The second kappa shape index (κ2) is 4.78. The lowest BCUT2D eigenvalue weighted by atomic mass is 10.2. The maximum atomic E-state index is 8.56. The summed E-state index contributed by atoms with van der Waals surface area (Å²) < 4.78 is 0. The van der Waals surface area contributed by atoms with Crippen molar-refractivity contribution in [2.45, 2.75) is 13.3 Å². The minimum Gasteiger partial charge on any atom is -0.396 e. The van der Waals surface area contributed by atoms with E-state index in [2.05, 4.69) is 24.4 Å². The number of hydrogen-bond acceptors (Lipinski definition) is 2. The number of benzene rings is 1. The predicted octanol–water partition coefficient (Wildman–Crippen LogP) is 1.79. The fraction of sp³-hybridized carbons (Fsp3) is 0.400. The van der Waals surface area contributed by atoms with Crippen LogP contribution in [-0.2, 0) is 0 Å². The lowest BCUT2D eigenvalue weighted by Crippen LogP contribution is -2.03. The molecule has 0 saturated heterocycles. The van der Waals surface area contributed by atoms with Crippen LogP contribution in [0.25, 0.3) is 0 Å². The Labute approximate surface area is 73.2 Å². The summed E-state index contributed by atoms with van der Waals surface area (Å²) in [6.07, 6.45) is 0.800. The van der Waals surface area contributed by atoms with Gasteiger partial charge in [0, 0.05) is 18.8 Å². The molecule has 0 fully saturated rings.